The fourth-order valence-corrected chi connectivity index (χ4v) is 2.75. The highest BCUT2D eigenvalue weighted by molar-refractivity contribution is 7.89. The van der Waals surface area contributed by atoms with Gasteiger partial charge in [-0.05, 0) is 26.0 Å². The van der Waals surface area contributed by atoms with E-state index >= 15 is 0 Å². The number of nitro groups is 1. The summed E-state index contributed by atoms with van der Waals surface area (Å²) in [4.78, 5) is 12.7. The van der Waals surface area contributed by atoms with E-state index in [1.165, 1.54) is 18.2 Å². The largest absolute Gasteiger partial charge is 0.276 e. The smallest absolute Gasteiger partial charge is 0.258 e. The predicted octanol–water partition coefficient (Wildman–Crippen LogP) is 2.61. The third-order valence-electron chi connectivity index (χ3n) is 3.21. The second kappa shape index (κ2) is 6.57. The molecule has 0 amide bonds. The molecule has 0 aliphatic carbocycles. The van der Waals surface area contributed by atoms with Crippen LogP contribution in [-0.2, 0) is 10.0 Å². The Labute approximate surface area is 133 Å². The molecule has 7 nitrogen and oxygen atoms in total. The van der Waals surface area contributed by atoms with Crippen LogP contribution in [0, 0.1) is 17.0 Å². The van der Waals surface area contributed by atoms with Crippen molar-refractivity contribution in [1.82, 2.24) is 4.83 Å². The number of rotatable bonds is 5. The number of hydrazone groups is 1. The molecule has 0 saturated heterocycles. The quantitative estimate of drug-likeness (QED) is 0.516. The van der Waals surface area contributed by atoms with Crippen molar-refractivity contribution in [2.45, 2.75) is 18.7 Å². The predicted molar refractivity (Wildman–Crippen MR) is 86.8 cm³/mol. The van der Waals surface area contributed by atoms with Crippen molar-refractivity contribution in [2.24, 2.45) is 5.10 Å². The van der Waals surface area contributed by atoms with E-state index in [2.05, 4.69) is 9.93 Å². The van der Waals surface area contributed by atoms with Crippen molar-refractivity contribution in [3.05, 3.63) is 69.8 Å². The monoisotopic (exact) mass is 333 g/mol. The molecule has 0 radical (unpaired) electrons. The topological polar surface area (TPSA) is 102 Å². The summed E-state index contributed by atoms with van der Waals surface area (Å²) in [7, 11) is -3.77. The first kappa shape index (κ1) is 16.6. The molecule has 1 N–H and O–H groups in total. The number of sulfonamides is 1. The Morgan fingerprint density at radius 2 is 1.83 bits per heavy atom. The van der Waals surface area contributed by atoms with Gasteiger partial charge in [0.1, 0.15) is 0 Å². The van der Waals surface area contributed by atoms with E-state index in [4.69, 9.17) is 0 Å². The van der Waals surface area contributed by atoms with Gasteiger partial charge in [-0.1, -0.05) is 30.3 Å². The van der Waals surface area contributed by atoms with Gasteiger partial charge in [-0.3, -0.25) is 10.1 Å². The molecule has 8 heteroatoms. The number of hydrogen-bond acceptors (Lipinski definition) is 5. The average molecular weight is 333 g/mol. The maximum absolute atomic E-state index is 12.1. The summed E-state index contributed by atoms with van der Waals surface area (Å²) in [6.07, 6.45) is 0. The fraction of sp³-hybridized carbons (Fsp3) is 0.133. The zero-order chi connectivity index (χ0) is 17.0. The zero-order valence-electron chi connectivity index (χ0n) is 12.6. The molecule has 0 bridgehead atoms. The maximum Gasteiger partial charge on any atom is 0.276 e. The van der Waals surface area contributed by atoms with E-state index in [0.29, 0.717) is 16.8 Å². The molecule has 0 atom stereocenters. The molecule has 23 heavy (non-hydrogen) atoms. The lowest BCUT2D eigenvalue weighted by Gasteiger charge is -2.06. The number of nitro benzene ring substituents is 1. The lowest BCUT2D eigenvalue weighted by molar-refractivity contribution is -0.385. The minimum Gasteiger partial charge on any atom is -0.258 e. The van der Waals surface area contributed by atoms with Gasteiger partial charge in [-0.25, -0.2) is 0 Å². The zero-order valence-corrected chi connectivity index (χ0v) is 13.4. The third kappa shape index (κ3) is 3.92. The van der Waals surface area contributed by atoms with Gasteiger partial charge in [0.25, 0.3) is 15.7 Å². The van der Waals surface area contributed by atoms with E-state index < -0.39 is 14.9 Å². The highest BCUT2D eigenvalue weighted by Gasteiger charge is 2.14. The van der Waals surface area contributed by atoms with E-state index in [0.717, 1.165) is 0 Å². The van der Waals surface area contributed by atoms with Crippen LogP contribution in [0.2, 0.25) is 0 Å². The molecular formula is C15H15N3O4S. The number of aryl methyl sites for hydroxylation is 1. The molecule has 0 unspecified atom stereocenters. The SMILES string of the molecule is CC(=NNS(=O)(=O)c1ccccc1)c1ccc(C)c([N+](=O)[O-])c1. The molecule has 0 saturated carbocycles. The van der Waals surface area contributed by atoms with Gasteiger partial charge in [0.15, 0.2) is 0 Å². The Hall–Kier alpha value is -2.74. The third-order valence-corrected chi connectivity index (χ3v) is 4.44. The number of hydrogen-bond donors (Lipinski definition) is 1. The summed E-state index contributed by atoms with van der Waals surface area (Å²) in [5.41, 5.74) is 1.28. The Bertz CT molecular complexity index is 862. The van der Waals surface area contributed by atoms with Crippen LogP contribution in [0.5, 0.6) is 0 Å². The number of benzene rings is 2. The van der Waals surface area contributed by atoms with E-state index in [1.807, 2.05) is 0 Å². The van der Waals surface area contributed by atoms with E-state index in [-0.39, 0.29) is 10.6 Å². The van der Waals surface area contributed by atoms with Gasteiger partial charge in [-0.2, -0.15) is 18.4 Å². The van der Waals surface area contributed by atoms with Gasteiger partial charge in [0.05, 0.1) is 15.5 Å². The molecule has 120 valence electrons. The molecular weight excluding hydrogens is 318 g/mol. The van der Waals surface area contributed by atoms with Crippen LogP contribution in [0.25, 0.3) is 0 Å². The van der Waals surface area contributed by atoms with Crippen LogP contribution in [0.15, 0.2) is 58.5 Å². The lowest BCUT2D eigenvalue weighted by Crippen LogP contribution is -2.19. The van der Waals surface area contributed by atoms with Crippen molar-refractivity contribution in [3.8, 4) is 0 Å². The molecule has 0 fully saturated rings. The van der Waals surface area contributed by atoms with Crippen LogP contribution >= 0.6 is 0 Å². The second-order valence-electron chi connectivity index (χ2n) is 4.86. The van der Waals surface area contributed by atoms with E-state index in [9.17, 15) is 18.5 Å². The van der Waals surface area contributed by atoms with Crippen molar-refractivity contribution in [1.29, 1.82) is 0 Å². The van der Waals surface area contributed by atoms with Crippen LogP contribution in [-0.4, -0.2) is 19.1 Å². The summed E-state index contributed by atoms with van der Waals surface area (Å²) >= 11 is 0. The normalized spacial score (nSPS) is 12.0. The molecule has 0 aromatic heterocycles. The Morgan fingerprint density at radius 3 is 2.43 bits per heavy atom. The average Bonchev–Trinajstić information content (AvgIpc) is 2.53. The Balaban J connectivity index is 2.27. The summed E-state index contributed by atoms with van der Waals surface area (Å²) < 4.78 is 24.1. The minimum atomic E-state index is -3.77. The summed E-state index contributed by atoms with van der Waals surface area (Å²) in [6.45, 7) is 3.20. The summed E-state index contributed by atoms with van der Waals surface area (Å²) in [5, 5.41) is 14.8. The number of nitrogens with zero attached hydrogens (tertiary/aromatic N) is 2. The first-order valence-corrected chi connectivity index (χ1v) is 8.16. The molecule has 0 spiro atoms. The second-order valence-corrected chi connectivity index (χ2v) is 6.52. The van der Waals surface area contributed by atoms with E-state index in [1.54, 1.807) is 44.2 Å². The molecule has 0 heterocycles. The molecule has 0 aliphatic heterocycles. The van der Waals surface area contributed by atoms with Crippen LogP contribution < -0.4 is 4.83 Å². The molecule has 0 aliphatic rings. The van der Waals surface area contributed by atoms with Gasteiger partial charge in [0, 0.05) is 17.2 Å². The lowest BCUT2D eigenvalue weighted by atomic mass is 10.1. The standard InChI is InChI=1S/C15H15N3O4S/c1-11-8-9-13(10-15(11)18(19)20)12(2)16-17-23(21,22)14-6-4-3-5-7-14/h3-10,17H,1-2H3. The van der Waals surface area contributed by atoms with Gasteiger partial charge in [0.2, 0.25) is 0 Å². The van der Waals surface area contributed by atoms with Crippen molar-refractivity contribution < 1.29 is 13.3 Å². The molecule has 2 rings (SSSR count). The Morgan fingerprint density at radius 1 is 1.17 bits per heavy atom. The first-order valence-electron chi connectivity index (χ1n) is 6.68. The highest BCUT2D eigenvalue weighted by Crippen LogP contribution is 2.19. The maximum atomic E-state index is 12.1. The summed E-state index contributed by atoms with van der Waals surface area (Å²) in [5.74, 6) is 0. The Kier molecular flexibility index (Phi) is 4.75. The van der Waals surface area contributed by atoms with Crippen molar-refractivity contribution in [2.75, 3.05) is 0 Å². The number of nitrogens with one attached hydrogen (secondary N) is 1. The fourth-order valence-electron chi connectivity index (χ4n) is 1.88. The van der Waals surface area contributed by atoms with Crippen molar-refractivity contribution >= 4 is 21.4 Å². The van der Waals surface area contributed by atoms with Crippen LogP contribution in [0.1, 0.15) is 18.1 Å². The van der Waals surface area contributed by atoms with Crippen LogP contribution in [0.4, 0.5) is 5.69 Å². The minimum absolute atomic E-state index is 0.0389. The van der Waals surface area contributed by atoms with Crippen LogP contribution in [0.3, 0.4) is 0 Å². The first-order chi connectivity index (χ1) is 10.8. The van der Waals surface area contributed by atoms with Gasteiger partial charge < -0.3 is 0 Å². The molecule has 2 aromatic carbocycles. The van der Waals surface area contributed by atoms with Crippen molar-refractivity contribution in [3.63, 3.8) is 0 Å². The molecule has 2 aromatic rings. The van der Waals surface area contributed by atoms with Gasteiger partial charge in [-0.15, -0.1) is 0 Å². The van der Waals surface area contributed by atoms with Gasteiger partial charge >= 0.3 is 0 Å². The summed E-state index contributed by atoms with van der Waals surface area (Å²) in [6, 6.07) is 12.4. The highest BCUT2D eigenvalue weighted by atomic mass is 32.2.